The van der Waals surface area contributed by atoms with Crippen LogP contribution in [0.2, 0.25) is 0 Å². The van der Waals surface area contributed by atoms with E-state index in [2.05, 4.69) is 425 Å². The SMILES string of the molecule is c1ccc(C2(c3ccccc3)c3ccccc3-c3ccc(N(c4cccc(-c5ccc6c7ccccc7n(-c7cccc8c7oc7ccccc78)c6c5)c4)c4ccc5ccccc5c4)cc32)cc1.c1ccc(N(c2ccccc2)c2cccc(-c3ccc4c5ccccc5n(-c5cccc6oc7ccccc7c56)c4c3)c2)cc1. The van der Waals surface area contributed by atoms with E-state index < -0.39 is 5.41 Å². The van der Waals surface area contributed by atoms with E-state index in [-0.39, 0.29) is 0 Å². The summed E-state index contributed by atoms with van der Waals surface area (Å²) in [4.78, 5) is 4.75. The monoisotopic (exact) mass is 1440 g/mol. The second-order valence-electron chi connectivity index (χ2n) is 29.4. The van der Waals surface area contributed by atoms with Gasteiger partial charge in [0.15, 0.2) is 5.58 Å². The van der Waals surface area contributed by atoms with Crippen LogP contribution in [0.5, 0.6) is 0 Å². The molecule has 23 rings (SSSR count). The number of furan rings is 2. The van der Waals surface area contributed by atoms with Crippen LogP contribution in [-0.4, -0.2) is 9.13 Å². The molecule has 0 saturated carbocycles. The minimum absolute atomic E-state index is 0.526. The van der Waals surface area contributed by atoms with Crippen molar-refractivity contribution < 1.29 is 8.83 Å². The van der Waals surface area contributed by atoms with Crippen LogP contribution in [0.3, 0.4) is 0 Å². The molecule has 0 unspecified atom stereocenters. The van der Waals surface area contributed by atoms with Crippen LogP contribution in [-0.2, 0) is 5.41 Å². The molecule has 4 aromatic heterocycles. The number of para-hydroxylation sites is 7. The normalized spacial score (nSPS) is 12.3. The molecule has 1 aliphatic carbocycles. The van der Waals surface area contributed by atoms with Crippen molar-refractivity contribution in [3.8, 4) is 44.8 Å². The van der Waals surface area contributed by atoms with Crippen molar-refractivity contribution in [1.82, 2.24) is 9.13 Å². The van der Waals surface area contributed by atoms with Crippen LogP contribution in [0.25, 0.3) is 143 Å². The molecule has 22 aromatic rings. The Kier molecular flexibility index (Phi) is 15.4. The molecule has 1 aliphatic rings. The van der Waals surface area contributed by atoms with E-state index in [0.717, 1.165) is 117 Å². The highest BCUT2D eigenvalue weighted by Crippen LogP contribution is 2.58. The van der Waals surface area contributed by atoms with Crippen LogP contribution < -0.4 is 9.80 Å². The average molecular weight is 1440 g/mol. The number of hydrogen-bond acceptors (Lipinski definition) is 4. The van der Waals surface area contributed by atoms with Crippen LogP contribution in [0, 0.1) is 0 Å². The van der Waals surface area contributed by atoms with Crippen molar-refractivity contribution in [2.75, 3.05) is 9.80 Å². The van der Waals surface area contributed by atoms with Gasteiger partial charge in [0.25, 0.3) is 0 Å². The molecule has 6 nitrogen and oxygen atoms in total. The summed E-state index contributed by atoms with van der Waals surface area (Å²) < 4.78 is 17.7. The van der Waals surface area contributed by atoms with Crippen LogP contribution >= 0.6 is 0 Å². The first-order chi connectivity index (χ1) is 56.1. The maximum Gasteiger partial charge on any atom is 0.159 e. The third kappa shape index (κ3) is 10.6. The van der Waals surface area contributed by atoms with Gasteiger partial charge in [-0.05, 0) is 194 Å². The molecule has 18 aromatic carbocycles. The minimum atomic E-state index is -0.526. The van der Waals surface area contributed by atoms with Gasteiger partial charge in [0.05, 0.1) is 44.2 Å². The van der Waals surface area contributed by atoms with Crippen molar-refractivity contribution in [1.29, 1.82) is 0 Å². The molecule has 4 heterocycles. The first kappa shape index (κ1) is 65.1. The zero-order chi connectivity index (χ0) is 74.5. The van der Waals surface area contributed by atoms with E-state index in [0.29, 0.717) is 0 Å². The van der Waals surface area contributed by atoms with Crippen LogP contribution in [0.1, 0.15) is 22.3 Å². The fourth-order valence-corrected chi connectivity index (χ4v) is 18.3. The second kappa shape index (κ2) is 26.7. The summed E-state index contributed by atoms with van der Waals surface area (Å²) in [6, 6.07) is 153. The molecule has 6 heteroatoms. The summed E-state index contributed by atoms with van der Waals surface area (Å²) in [5.74, 6) is 0. The first-order valence-electron chi connectivity index (χ1n) is 38.7. The van der Waals surface area contributed by atoms with E-state index in [4.69, 9.17) is 8.83 Å². The van der Waals surface area contributed by atoms with Gasteiger partial charge in [0.1, 0.15) is 16.7 Å². The number of aromatic nitrogens is 2. The number of nitrogens with zero attached hydrogens (tertiary/aromatic N) is 4. The highest BCUT2D eigenvalue weighted by atomic mass is 16.3. The predicted octanol–water partition coefficient (Wildman–Crippen LogP) is 29.2. The highest BCUT2D eigenvalue weighted by molar-refractivity contribution is 6.16. The lowest BCUT2D eigenvalue weighted by atomic mass is 9.67. The third-order valence-corrected chi connectivity index (χ3v) is 23.2. The fourth-order valence-electron chi connectivity index (χ4n) is 18.3. The molecule has 0 spiro atoms. The average Bonchev–Trinajstić information content (AvgIpc) is 1.54. The Hall–Kier alpha value is -15.0. The Labute approximate surface area is 653 Å². The molecule has 0 atom stereocenters. The van der Waals surface area contributed by atoms with Crippen molar-refractivity contribution in [2.24, 2.45) is 0 Å². The smallest absolute Gasteiger partial charge is 0.159 e. The van der Waals surface area contributed by atoms with Gasteiger partial charge in [-0.2, -0.15) is 0 Å². The standard InChI is InChI=1S/C65H42N2O.C42H28N2O/c1-3-20-47(21-4-1)65(48-22-5-2-6-23-48)58-29-12-9-25-52(58)53-38-36-51(42-59(53)65)66(50-35-33-43-17-7-8-18-44(43)39-50)49-24-15-19-45(40-49)46-34-37-55-54-26-10-13-30-60(54)67(62(55)41-46)61-31-16-28-57-56-27-11-14-32-63(56)68-64(57)61;1-3-14-31(15-4-1)43(32-16-5-2-6-17-32)33-18-11-13-29(27-33)30-25-26-35-34-19-7-9-21-37(34)44(39(35)28-30)38-22-12-24-41-42(38)36-20-8-10-23-40(36)45-41/h1-42H;1-28H. The Morgan fingerprint density at radius 2 is 0.646 bits per heavy atom. The molecule has 0 amide bonds. The summed E-state index contributed by atoms with van der Waals surface area (Å²) in [6.07, 6.45) is 0. The fraction of sp³-hybridized carbons (Fsp3) is 0.00935. The van der Waals surface area contributed by atoms with Crippen LogP contribution in [0.15, 0.2) is 433 Å². The molecule has 0 bridgehead atoms. The van der Waals surface area contributed by atoms with Gasteiger partial charge in [-0.25, -0.2) is 0 Å². The molecular weight excluding hydrogens is 1370 g/mol. The lowest BCUT2D eigenvalue weighted by molar-refractivity contribution is 0.666. The van der Waals surface area contributed by atoms with Gasteiger partial charge in [0, 0.05) is 71.8 Å². The van der Waals surface area contributed by atoms with Gasteiger partial charge in [-0.1, -0.05) is 297 Å². The second-order valence-corrected chi connectivity index (χ2v) is 29.4. The Balaban J connectivity index is 0.000000150. The number of rotatable bonds is 12. The third-order valence-electron chi connectivity index (χ3n) is 23.2. The topological polar surface area (TPSA) is 42.6 Å². The first-order valence-corrected chi connectivity index (χ1v) is 38.7. The van der Waals surface area contributed by atoms with E-state index >= 15 is 0 Å². The van der Waals surface area contributed by atoms with Gasteiger partial charge >= 0.3 is 0 Å². The number of fused-ring (bicyclic) bond motifs is 16. The molecule has 0 radical (unpaired) electrons. The molecule has 113 heavy (non-hydrogen) atoms. The van der Waals surface area contributed by atoms with Crippen LogP contribution in [0.4, 0.5) is 34.1 Å². The molecular formula is C107H70N4O2. The zero-order valence-corrected chi connectivity index (χ0v) is 61.5. The molecule has 0 saturated heterocycles. The maximum atomic E-state index is 6.66. The van der Waals surface area contributed by atoms with Crippen molar-refractivity contribution in [3.63, 3.8) is 0 Å². The Morgan fingerprint density at radius 1 is 0.221 bits per heavy atom. The molecule has 0 aliphatic heterocycles. The van der Waals surface area contributed by atoms with Gasteiger partial charge < -0.3 is 27.8 Å². The lowest BCUT2D eigenvalue weighted by Crippen LogP contribution is -2.28. The van der Waals surface area contributed by atoms with E-state index in [9.17, 15) is 0 Å². The quantitative estimate of drug-likeness (QED) is 0.122. The summed E-state index contributed by atoms with van der Waals surface area (Å²) in [6.45, 7) is 0. The largest absolute Gasteiger partial charge is 0.456 e. The number of anilines is 6. The van der Waals surface area contributed by atoms with Crippen molar-refractivity contribution in [2.45, 2.75) is 5.41 Å². The minimum Gasteiger partial charge on any atom is -0.456 e. The number of hydrogen-bond donors (Lipinski definition) is 0. The molecule has 0 fully saturated rings. The summed E-state index contributed by atoms with van der Waals surface area (Å²) >= 11 is 0. The summed E-state index contributed by atoms with van der Waals surface area (Å²) in [5, 5.41) is 11.8. The highest BCUT2D eigenvalue weighted by Gasteiger charge is 2.46. The van der Waals surface area contributed by atoms with E-state index in [1.165, 1.54) is 82.3 Å². The van der Waals surface area contributed by atoms with E-state index in [1.54, 1.807) is 0 Å². The summed E-state index contributed by atoms with van der Waals surface area (Å²) in [5.41, 5.74) is 28.6. The number of benzene rings is 18. The van der Waals surface area contributed by atoms with E-state index in [1.807, 2.05) is 18.2 Å². The summed E-state index contributed by atoms with van der Waals surface area (Å²) in [7, 11) is 0. The van der Waals surface area contributed by atoms with Gasteiger partial charge in [0.2, 0.25) is 0 Å². The van der Waals surface area contributed by atoms with Gasteiger partial charge in [-0.3, -0.25) is 0 Å². The molecule has 0 N–H and O–H groups in total. The zero-order valence-electron chi connectivity index (χ0n) is 61.5. The van der Waals surface area contributed by atoms with Gasteiger partial charge in [-0.15, -0.1) is 0 Å². The Morgan fingerprint density at radius 3 is 1.29 bits per heavy atom. The molecule has 530 valence electrons. The van der Waals surface area contributed by atoms with Crippen molar-refractivity contribution in [3.05, 3.63) is 447 Å². The Bertz CT molecular complexity index is 7380. The lowest BCUT2D eigenvalue weighted by Gasteiger charge is -2.35. The van der Waals surface area contributed by atoms with Crippen molar-refractivity contribution >= 4 is 132 Å². The predicted molar refractivity (Wildman–Crippen MR) is 471 cm³/mol. The maximum absolute atomic E-state index is 6.66.